The Morgan fingerprint density at radius 2 is 0.909 bits per heavy atom. The highest BCUT2D eigenvalue weighted by molar-refractivity contribution is 5.68. The van der Waals surface area contributed by atoms with Crippen LogP contribution in [0.1, 0.15) is 0 Å². The zero-order valence-electron chi connectivity index (χ0n) is 6.96. The lowest BCUT2D eigenvalue weighted by atomic mass is 10.1. The summed E-state index contributed by atoms with van der Waals surface area (Å²) < 4.78 is 0. The topological polar surface area (TPSA) is 12.0 Å². The third-order valence-electron chi connectivity index (χ3n) is 1.40. The smallest absolute Gasteiger partial charge is 0.0167 e. The van der Waals surface area contributed by atoms with Gasteiger partial charge in [-0.2, -0.15) is 0 Å². The fraction of sp³-hybridized carbons (Fsp3) is 0.200. The first-order valence-electron chi connectivity index (χ1n) is 3.73. The first kappa shape index (κ1) is 8.02. The summed E-state index contributed by atoms with van der Waals surface area (Å²) in [6, 6.07) is 12.7. The molecule has 1 heteroatoms. The van der Waals surface area contributed by atoms with E-state index in [0.717, 1.165) is 0 Å². The van der Waals surface area contributed by atoms with Crippen molar-refractivity contribution in [3.8, 4) is 0 Å². The van der Waals surface area contributed by atoms with Gasteiger partial charge in [0.25, 0.3) is 0 Å². The van der Waals surface area contributed by atoms with E-state index < -0.39 is 0 Å². The van der Waals surface area contributed by atoms with Gasteiger partial charge in [-0.15, -0.1) is 0 Å². The number of nitrogens with one attached hydrogen (secondary N) is 1. The van der Waals surface area contributed by atoms with Crippen molar-refractivity contribution < 1.29 is 0 Å². The second-order valence-electron chi connectivity index (χ2n) is 2.50. The normalized spacial score (nSPS) is 9.27. The number of benzene rings is 3. The highest BCUT2D eigenvalue weighted by Gasteiger charge is 1.84. The van der Waals surface area contributed by atoms with Gasteiger partial charge in [-0.3, -0.25) is 0 Å². The Labute approximate surface area is 67.4 Å². The van der Waals surface area contributed by atoms with E-state index in [1.807, 2.05) is 14.1 Å². The third-order valence-corrected chi connectivity index (χ3v) is 1.40. The zero-order valence-corrected chi connectivity index (χ0v) is 6.96. The number of rotatable bonds is 0. The average molecular weight is 147 g/mol. The molecule has 3 rings (SSSR count). The van der Waals surface area contributed by atoms with E-state index in [2.05, 4.69) is 41.7 Å². The fourth-order valence-electron chi connectivity index (χ4n) is 0.911. The molecule has 0 aliphatic rings. The minimum atomic E-state index is 1.31. The summed E-state index contributed by atoms with van der Waals surface area (Å²) >= 11 is 0. The second-order valence-corrected chi connectivity index (χ2v) is 2.50. The lowest BCUT2D eigenvalue weighted by Gasteiger charge is -1.92. The first-order chi connectivity index (χ1) is 5.36. The van der Waals surface area contributed by atoms with Crippen LogP contribution in [-0.4, -0.2) is 14.1 Å². The molecule has 3 aromatic carbocycles. The molecule has 0 heterocycles. The summed E-state index contributed by atoms with van der Waals surface area (Å²) in [6.07, 6.45) is 0. The lowest BCUT2D eigenvalue weighted by molar-refractivity contribution is 1.02. The highest BCUT2D eigenvalue weighted by Crippen LogP contribution is 2.09. The van der Waals surface area contributed by atoms with Crippen molar-refractivity contribution in [2.45, 2.75) is 0 Å². The maximum absolute atomic E-state index is 2.75. The Hall–Kier alpha value is -1.08. The van der Waals surface area contributed by atoms with Gasteiger partial charge in [-0.05, 0) is 24.9 Å². The minimum Gasteiger partial charge on any atom is -0.323 e. The molecular formula is C10H13N. The van der Waals surface area contributed by atoms with Gasteiger partial charge in [0.2, 0.25) is 0 Å². The Kier molecular flexibility index (Phi) is 2.87. The Balaban J connectivity index is 0.000000179. The SMILES string of the molecule is CNC.c1cc2ccc1cc2. The van der Waals surface area contributed by atoms with E-state index >= 15 is 0 Å². The van der Waals surface area contributed by atoms with Crippen LogP contribution in [0.5, 0.6) is 0 Å². The first-order valence-corrected chi connectivity index (χ1v) is 3.73. The zero-order chi connectivity index (χ0) is 8.10. The van der Waals surface area contributed by atoms with Gasteiger partial charge in [-0.25, -0.2) is 0 Å². The molecule has 3 aromatic rings. The molecule has 0 aliphatic carbocycles. The Morgan fingerprint density at radius 1 is 0.727 bits per heavy atom. The molecule has 2 bridgehead atoms. The van der Waals surface area contributed by atoms with Gasteiger partial charge in [0.1, 0.15) is 0 Å². The molecular weight excluding hydrogens is 134 g/mol. The van der Waals surface area contributed by atoms with Crippen molar-refractivity contribution in [1.29, 1.82) is 0 Å². The molecule has 58 valence electrons. The molecule has 0 amide bonds. The maximum atomic E-state index is 2.75. The molecule has 0 fully saturated rings. The van der Waals surface area contributed by atoms with Gasteiger partial charge < -0.3 is 5.32 Å². The minimum absolute atomic E-state index is 1.31. The van der Waals surface area contributed by atoms with Crippen LogP contribution in [0.15, 0.2) is 36.4 Å². The molecule has 0 saturated carbocycles. The molecule has 0 unspecified atom stereocenters. The largest absolute Gasteiger partial charge is 0.323 e. The summed E-state index contributed by atoms with van der Waals surface area (Å²) in [5.41, 5.74) is 0. The van der Waals surface area contributed by atoms with Gasteiger partial charge in [0, 0.05) is 0 Å². The molecule has 0 saturated heterocycles. The predicted molar refractivity (Wildman–Crippen MR) is 50.1 cm³/mol. The van der Waals surface area contributed by atoms with Gasteiger partial charge >= 0.3 is 0 Å². The van der Waals surface area contributed by atoms with Crippen LogP contribution in [0.4, 0.5) is 0 Å². The van der Waals surface area contributed by atoms with Crippen molar-refractivity contribution >= 4 is 10.8 Å². The van der Waals surface area contributed by atoms with Crippen molar-refractivity contribution in [2.24, 2.45) is 0 Å². The fourth-order valence-corrected chi connectivity index (χ4v) is 0.911. The molecule has 11 heavy (non-hydrogen) atoms. The second kappa shape index (κ2) is 3.94. The van der Waals surface area contributed by atoms with Gasteiger partial charge in [-0.1, -0.05) is 36.4 Å². The maximum Gasteiger partial charge on any atom is -0.0167 e. The molecule has 0 aliphatic heterocycles. The lowest BCUT2D eigenvalue weighted by Crippen LogP contribution is -1.89. The van der Waals surface area contributed by atoms with E-state index in [4.69, 9.17) is 0 Å². The number of hydrogen-bond acceptors (Lipinski definition) is 1. The molecule has 0 aromatic heterocycles. The highest BCUT2D eigenvalue weighted by atomic mass is 14.7. The van der Waals surface area contributed by atoms with Crippen LogP contribution in [0.2, 0.25) is 0 Å². The number of fused-ring (bicyclic) bond motifs is 3. The summed E-state index contributed by atoms with van der Waals surface area (Å²) in [5.74, 6) is 0. The van der Waals surface area contributed by atoms with E-state index in [-0.39, 0.29) is 0 Å². The van der Waals surface area contributed by atoms with Crippen molar-refractivity contribution in [1.82, 2.24) is 5.32 Å². The van der Waals surface area contributed by atoms with Crippen LogP contribution in [0.3, 0.4) is 0 Å². The van der Waals surface area contributed by atoms with Crippen LogP contribution in [-0.2, 0) is 0 Å². The Morgan fingerprint density at radius 3 is 1.00 bits per heavy atom. The van der Waals surface area contributed by atoms with Crippen LogP contribution in [0, 0.1) is 0 Å². The Bertz CT molecular complexity index is 213. The van der Waals surface area contributed by atoms with Crippen LogP contribution in [0.25, 0.3) is 10.8 Å². The van der Waals surface area contributed by atoms with Gasteiger partial charge in [0.15, 0.2) is 0 Å². The quantitative estimate of drug-likeness (QED) is 0.601. The van der Waals surface area contributed by atoms with E-state index in [1.165, 1.54) is 10.8 Å². The monoisotopic (exact) mass is 147 g/mol. The summed E-state index contributed by atoms with van der Waals surface area (Å²) in [5, 5.41) is 5.36. The standard InChI is InChI=1S/C8H6.C2H7N/c1-2-8-5-3-7(1)4-6-8;1-3-2/h1-6H;3H,1-2H3. The summed E-state index contributed by atoms with van der Waals surface area (Å²) in [7, 11) is 3.75. The molecule has 1 nitrogen and oxygen atoms in total. The van der Waals surface area contributed by atoms with E-state index in [9.17, 15) is 0 Å². The molecule has 1 N–H and O–H groups in total. The van der Waals surface area contributed by atoms with Crippen LogP contribution < -0.4 is 5.32 Å². The molecule has 0 radical (unpaired) electrons. The summed E-state index contributed by atoms with van der Waals surface area (Å²) in [4.78, 5) is 0. The van der Waals surface area contributed by atoms with Gasteiger partial charge in [0.05, 0.1) is 0 Å². The van der Waals surface area contributed by atoms with E-state index in [1.54, 1.807) is 0 Å². The predicted octanol–water partition coefficient (Wildman–Crippen LogP) is 2.11. The van der Waals surface area contributed by atoms with Crippen molar-refractivity contribution in [3.63, 3.8) is 0 Å². The van der Waals surface area contributed by atoms with Crippen molar-refractivity contribution in [3.05, 3.63) is 36.4 Å². The van der Waals surface area contributed by atoms with E-state index in [0.29, 0.717) is 0 Å². The third kappa shape index (κ3) is 2.20. The molecule has 0 atom stereocenters. The van der Waals surface area contributed by atoms with Crippen molar-refractivity contribution in [2.75, 3.05) is 14.1 Å². The average Bonchev–Trinajstić information content (AvgIpc) is 2.09. The number of hydrogen-bond donors (Lipinski definition) is 1. The van der Waals surface area contributed by atoms with Crippen LogP contribution >= 0.6 is 0 Å². The molecule has 0 spiro atoms. The summed E-state index contributed by atoms with van der Waals surface area (Å²) in [6.45, 7) is 0.